The third-order valence-corrected chi connectivity index (χ3v) is 2.68. The molecule has 6 nitrogen and oxygen atoms in total. The molecule has 0 atom stereocenters. The van der Waals surface area contributed by atoms with Crippen LogP contribution in [0.3, 0.4) is 0 Å². The zero-order chi connectivity index (χ0) is 15.1. The van der Waals surface area contributed by atoms with Gasteiger partial charge in [-0.15, -0.1) is 0 Å². The molecule has 0 aliphatic heterocycles. The number of carbonyl (C=O) groups excluding carboxylic acids is 2. The molecule has 0 saturated heterocycles. The van der Waals surface area contributed by atoms with Crippen LogP contribution in [-0.2, 0) is 4.79 Å². The number of aliphatic hydroxyl groups is 1. The predicted molar refractivity (Wildman–Crippen MR) is 78.8 cm³/mol. The molecule has 0 aromatic heterocycles. The first kappa shape index (κ1) is 16.0. The number of anilines is 2. The number of nitrogens with one attached hydrogen (secondary N) is 3. The molecule has 110 valence electrons. The lowest BCUT2D eigenvalue weighted by Crippen LogP contribution is -2.31. The van der Waals surface area contributed by atoms with Gasteiger partial charge in [-0.3, -0.25) is 4.79 Å². The highest BCUT2D eigenvalue weighted by atomic mass is 16.3. The molecule has 4 N–H and O–H groups in total. The van der Waals surface area contributed by atoms with Crippen molar-refractivity contribution in [1.29, 1.82) is 0 Å². The normalized spacial score (nSPS) is 10.2. The molecule has 0 unspecified atom stereocenters. The van der Waals surface area contributed by atoms with Crippen molar-refractivity contribution in [3.05, 3.63) is 23.8 Å². The second-order valence-electron chi connectivity index (χ2n) is 4.78. The van der Waals surface area contributed by atoms with Gasteiger partial charge in [0.1, 0.15) is 0 Å². The first-order valence-corrected chi connectivity index (χ1v) is 6.51. The highest BCUT2D eigenvalue weighted by molar-refractivity contribution is 5.94. The van der Waals surface area contributed by atoms with E-state index in [-0.39, 0.29) is 25.0 Å². The van der Waals surface area contributed by atoms with Gasteiger partial charge in [-0.1, -0.05) is 19.9 Å². The van der Waals surface area contributed by atoms with Gasteiger partial charge in [-0.05, 0) is 24.6 Å². The van der Waals surface area contributed by atoms with E-state index in [4.69, 9.17) is 5.11 Å². The summed E-state index contributed by atoms with van der Waals surface area (Å²) < 4.78 is 0. The molecule has 1 rings (SSSR count). The summed E-state index contributed by atoms with van der Waals surface area (Å²) in [6.45, 7) is 5.55. The van der Waals surface area contributed by atoms with Gasteiger partial charge in [0.2, 0.25) is 5.91 Å². The lowest BCUT2D eigenvalue weighted by atomic mass is 10.1. The number of aliphatic hydroxyl groups excluding tert-OH is 1. The largest absolute Gasteiger partial charge is 0.395 e. The average molecular weight is 279 g/mol. The Morgan fingerprint density at radius 1 is 1.25 bits per heavy atom. The van der Waals surface area contributed by atoms with Crippen molar-refractivity contribution in [3.63, 3.8) is 0 Å². The standard InChI is InChI=1S/C14H21N3O3/c1-9(2)13(19)16-11-5-4-10(3)12(8-11)17-14(20)15-6-7-18/h4-5,8-9,18H,6-7H2,1-3H3,(H,16,19)(H2,15,17,20). The molecule has 0 fully saturated rings. The van der Waals surface area contributed by atoms with Crippen molar-refractivity contribution in [1.82, 2.24) is 5.32 Å². The fraction of sp³-hybridized carbons (Fsp3) is 0.429. The minimum Gasteiger partial charge on any atom is -0.395 e. The summed E-state index contributed by atoms with van der Waals surface area (Å²) in [6.07, 6.45) is 0. The van der Waals surface area contributed by atoms with Gasteiger partial charge in [-0.2, -0.15) is 0 Å². The van der Waals surface area contributed by atoms with Crippen molar-refractivity contribution < 1.29 is 14.7 Å². The minimum absolute atomic E-state index is 0.0791. The van der Waals surface area contributed by atoms with Gasteiger partial charge in [0.05, 0.1) is 6.61 Å². The van der Waals surface area contributed by atoms with E-state index in [1.165, 1.54) is 0 Å². The summed E-state index contributed by atoms with van der Waals surface area (Å²) in [5.74, 6) is -0.190. The second-order valence-corrected chi connectivity index (χ2v) is 4.78. The van der Waals surface area contributed by atoms with E-state index in [9.17, 15) is 9.59 Å². The molecular weight excluding hydrogens is 258 g/mol. The Labute approximate surface area is 118 Å². The Kier molecular flexibility index (Phi) is 5.99. The molecule has 20 heavy (non-hydrogen) atoms. The lowest BCUT2D eigenvalue weighted by molar-refractivity contribution is -0.118. The van der Waals surface area contributed by atoms with E-state index in [2.05, 4.69) is 16.0 Å². The van der Waals surface area contributed by atoms with E-state index >= 15 is 0 Å². The third-order valence-electron chi connectivity index (χ3n) is 2.68. The van der Waals surface area contributed by atoms with Gasteiger partial charge < -0.3 is 21.1 Å². The number of amides is 3. The fourth-order valence-corrected chi connectivity index (χ4v) is 1.46. The Hall–Kier alpha value is -2.08. The zero-order valence-electron chi connectivity index (χ0n) is 12.0. The van der Waals surface area contributed by atoms with Crippen LogP contribution < -0.4 is 16.0 Å². The minimum atomic E-state index is -0.394. The van der Waals surface area contributed by atoms with Gasteiger partial charge in [0.25, 0.3) is 0 Å². The molecule has 1 aromatic carbocycles. The van der Waals surface area contributed by atoms with Crippen molar-refractivity contribution in [2.24, 2.45) is 5.92 Å². The van der Waals surface area contributed by atoms with Crippen LogP contribution >= 0.6 is 0 Å². The summed E-state index contributed by atoms with van der Waals surface area (Å²) in [7, 11) is 0. The van der Waals surface area contributed by atoms with Crippen molar-refractivity contribution in [3.8, 4) is 0 Å². The topological polar surface area (TPSA) is 90.5 Å². The molecule has 0 spiro atoms. The van der Waals surface area contributed by atoms with E-state index in [0.29, 0.717) is 11.4 Å². The monoisotopic (exact) mass is 279 g/mol. The number of urea groups is 1. The number of benzene rings is 1. The van der Waals surface area contributed by atoms with E-state index in [1.807, 2.05) is 26.8 Å². The van der Waals surface area contributed by atoms with Crippen molar-refractivity contribution in [2.75, 3.05) is 23.8 Å². The van der Waals surface area contributed by atoms with Crippen LogP contribution in [0.4, 0.5) is 16.2 Å². The SMILES string of the molecule is Cc1ccc(NC(=O)C(C)C)cc1NC(=O)NCCO. The number of aryl methyl sites for hydroxylation is 1. The van der Waals surface area contributed by atoms with E-state index in [1.54, 1.807) is 12.1 Å². The second kappa shape index (κ2) is 7.49. The molecule has 6 heteroatoms. The Balaban J connectivity index is 2.76. The maximum absolute atomic E-state index is 11.6. The summed E-state index contributed by atoms with van der Waals surface area (Å²) in [4.78, 5) is 23.2. The number of hydrogen-bond acceptors (Lipinski definition) is 3. The molecule has 0 aliphatic carbocycles. The average Bonchev–Trinajstić information content (AvgIpc) is 2.40. The highest BCUT2D eigenvalue weighted by Crippen LogP contribution is 2.20. The third kappa shape index (κ3) is 4.89. The fourth-order valence-electron chi connectivity index (χ4n) is 1.46. The lowest BCUT2D eigenvalue weighted by Gasteiger charge is -2.13. The van der Waals surface area contributed by atoms with Gasteiger partial charge >= 0.3 is 6.03 Å². The Morgan fingerprint density at radius 3 is 2.55 bits per heavy atom. The van der Waals surface area contributed by atoms with Crippen LogP contribution in [0.5, 0.6) is 0 Å². The van der Waals surface area contributed by atoms with Crippen LogP contribution in [0.25, 0.3) is 0 Å². The Bertz CT molecular complexity index is 487. The van der Waals surface area contributed by atoms with E-state index < -0.39 is 6.03 Å². The molecule has 0 bridgehead atoms. The van der Waals surface area contributed by atoms with Crippen LogP contribution in [0.1, 0.15) is 19.4 Å². The summed E-state index contributed by atoms with van der Waals surface area (Å²) in [6, 6.07) is 4.91. The number of hydrogen-bond donors (Lipinski definition) is 4. The molecule has 0 heterocycles. The summed E-state index contributed by atoms with van der Waals surface area (Å²) in [5, 5.41) is 16.6. The van der Waals surface area contributed by atoms with Crippen molar-refractivity contribution in [2.45, 2.75) is 20.8 Å². The maximum Gasteiger partial charge on any atom is 0.319 e. The van der Waals surface area contributed by atoms with Crippen LogP contribution in [-0.4, -0.2) is 30.2 Å². The molecular formula is C14H21N3O3. The quantitative estimate of drug-likeness (QED) is 0.661. The summed E-state index contributed by atoms with van der Waals surface area (Å²) in [5.41, 5.74) is 2.13. The van der Waals surface area contributed by atoms with Gasteiger partial charge in [0, 0.05) is 23.8 Å². The van der Waals surface area contributed by atoms with Crippen LogP contribution in [0, 0.1) is 12.8 Å². The van der Waals surface area contributed by atoms with E-state index in [0.717, 1.165) is 5.56 Å². The van der Waals surface area contributed by atoms with Crippen molar-refractivity contribution >= 4 is 23.3 Å². The van der Waals surface area contributed by atoms with Gasteiger partial charge in [0.15, 0.2) is 0 Å². The molecule has 0 radical (unpaired) electrons. The first-order chi connectivity index (χ1) is 9.43. The maximum atomic E-state index is 11.6. The smallest absolute Gasteiger partial charge is 0.319 e. The highest BCUT2D eigenvalue weighted by Gasteiger charge is 2.09. The molecule has 1 aromatic rings. The number of carbonyl (C=O) groups is 2. The zero-order valence-corrected chi connectivity index (χ0v) is 12.0. The molecule has 3 amide bonds. The molecule has 0 aliphatic rings. The van der Waals surface area contributed by atoms with Crippen LogP contribution in [0.15, 0.2) is 18.2 Å². The molecule has 0 saturated carbocycles. The Morgan fingerprint density at radius 2 is 1.95 bits per heavy atom. The summed E-state index contributed by atoms with van der Waals surface area (Å²) >= 11 is 0. The predicted octanol–water partition coefficient (Wildman–Crippen LogP) is 1.70. The van der Waals surface area contributed by atoms with Gasteiger partial charge in [-0.25, -0.2) is 4.79 Å². The number of rotatable bonds is 5. The van der Waals surface area contributed by atoms with Crippen LogP contribution in [0.2, 0.25) is 0 Å². The first-order valence-electron chi connectivity index (χ1n) is 6.51.